The highest BCUT2D eigenvalue weighted by molar-refractivity contribution is 6.92. The highest BCUT2D eigenvalue weighted by Crippen LogP contribution is 2.17. The van der Waals surface area contributed by atoms with E-state index in [4.69, 9.17) is 8.23 Å². The SMILES string of the molecule is C[Si](C)(C)O[Si](C)(C)c1ccc(C=Cc2ccc([Si](C)(C)O[Si](C)(C)C)cc2)cc1. The Labute approximate surface area is 188 Å². The molecule has 2 nitrogen and oxygen atoms in total. The summed E-state index contributed by atoms with van der Waals surface area (Å²) in [5.74, 6) is 0. The Kier molecular flexibility index (Phi) is 7.75. The number of benzene rings is 2. The van der Waals surface area contributed by atoms with Gasteiger partial charge in [-0.05, 0) is 87.0 Å². The standard InChI is InChI=1S/C24H40O2Si4/c1-27(2,3)25-29(7,8)23-17-13-21(14-18-23)11-12-22-15-19-24(20-16-22)30(9,10)26-28(4,5)6/h11-20H,1-10H3. The van der Waals surface area contributed by atoms with Crippen LogP contribution in [0.5, 0.6) is 0 Å². The van der Waals surface area contributed by atoms with Crippen LogP contribution < -0.4 is 10.4 Å². The fourth-order valence-electron chi connectivity index (χ4n) is 3.83. The van der Waals surface area contributed by atoms with Crippen LogP contribution in [0.4, 0.5) is 0 Å². The first-order chi connectivity index (χ1) is 13.6. The first kappa shape index (κ1) is 25.2. The Balaban J connectivity index is 2.09. The molecule has 0 heterocycles. The molecule has 0 spiro atoms. The molecular weight excluding hydrogens is 433 g/mol. The Morgan fingerprint density at radius 2 is 0.733 bits per heavy atom. The lowest BCUT2D eigenvalue weighted by Gasteiger charge is -2.32. The maximum Gasteiger partial charge on any atom is 0.205 e. The summed E-state index contributed by atoms with van der Waals surface area (Å²) in [5, 5.41) is 2.72. The van der Waals surface area contributed by atoms with Crippen LogP contribution in [0, 0.1) is 0 Å². The molecule has 0 aromatic heterocycles. The molecule has 0 unspecified atom stereocenters. The lowest BCUT2D eigenvalue weighted by atomic mass is 10.1. The summed E-state index contributed by atoms with van der Waals surface area (Å²) in [6.07, 6.45) is 4.38. The van der Waals surface area contributed by atoms with Gasteiger partial charge in [0.15, 0.2) is 16.6 Å². The largest absolute Gasteiger partial charge is 0.452 e. The molecule has 2 aromatic rings. The van der Waals surface area contributed by atoms with E-state index in [2.05, 4.69) is 126 Å². The average molecular weight is 473 g/mol. The van der Waals surface area contributed by atoms with Crippen LogP contribution in [-0.2, 0) is 8.23 Å². The zero-order valence-electron chi connectivity index (χ0n) is 20.6. The molecule has 164 valence electrons. The molecule has 2 aromatic carbocycles. The van der Waals surface area contributed by atoms with Crippen LogP contribution in [-0.4, -0.2) is 33.3 Å². The van der Waals surface area contributed by atoms with Crippen molar-refractivity contribution in [3.63, 3.8) is 0 Å². The normalized spacial score (nSPS) is 13.8. The first-order valence-electron chi connectivity index (χ1n) is 10.9. The smallest absolute Gasteiger partial charge is 0.205 e. The Morgan fingerprint density at radius 1 is 0.467 bits per heavy atom. The number of hydrogen-bond donors (Lipinski definition) is 0. The monoisotopic (exact) mass is 472 g/mol. The molecule has 0 atom stereocenters. The Bertz CT molecular complexity index is 783. The third kappa shape index (κ3) is 7.90. The van der Waals surface area contributed by atoms with Crippen LogP contribution in [0.1, 0.15) is 11.1 Å². The second-order valence-corrected chi connectivity index (χ2v) is 28.3. The van der Waals surface area contributed by atoms with Crippen molar-refractivity contribution in [3.8, 4) is 0 Å². The molecular formula is C24H40O2Si4. The van der Waals surface area contributed by atoms with Crippen molar-refractivity contribution in [2.24, 2.45) is 0 Å². The van der Waals surface area contributed by atoms with Gasteiger partial charge >= 0.3 is 0 Å². The van der Waals surface area contributed by atoms with Crippen molar-refractivity contribution in [1.82, 2.24) is 0 Å². The molecule has 0 aliphatic carbocycles. The quantitative estimate of drug-likeness (QED) is 0.327. The lowest BCUT2D eigenvalue weighted by molar-refractivity contribution is 0.565. The minimum Gasteiger partial charge on any atom is -0.452 e. The van der Waals surface area contributed by atoms with Gasteiger partial charge < -0.3 is 8.23 Å². The van der Waals surface area contributed by atoms with Crippen molar-refractivity contribution in [1.29, 1.82) is 0 Å². The maximum atomic E-state index is 6.50. The van der Waals surface area contributed by atoms with Crippen LogP contribution in [0.2, 0.25) is 65.5 Å². The summed E-state index contributed by atoms with van der Waals surface area (Å²) in [6, 6.07) is 17.8. The van der Waals surface area contributed by atoms with Crippen molar-refractivity contribution >= 4 is 55.8 Å². The Hall–Kier alpha value is -1.03. The van der Waals surface area contributed by atoms with E-state index in [1.54, 1.807) is 0 Å². The summed E-state index contributed by atoms with van der Waals surface area (Å²) < 4.78 is 13.0. The third-order valence-electron chi connectivity index (χ3n) is 4.80. The minimum atomic E-state index is -1.83. The predicted molar refractivity (Wildman–Crippen MR) is 145 cm³/mol. The zero-order chi connectivity index (χ0) is 22.8. The predicted octanol–water partition coefficient (Wildman–Crippen LogP) is 6.38. The van der Waals surface area contributed by atoms with Crippen LogP contribution in [0.25, 0.3) is 12.2 Å². The minimum absolute atomic E-state index is 1.22. The second-order valence-electron chi connectivity index (χ2n) is 11.0. The van der Waals surface area contributed by atoms with Gasteiger partial charge in [-0.15, -0.1) is 0 Å². The van der Waals surface area contributed by atoms with Crippen LogP contribution >= 0.6 is 0 Å². The molecule has 2 rings (SSSR count). The van der Waals surface area contributed by atoms with E-state index in [0.29, 0.717) is 0 Å². The molecule has 0 fully saturated rings. The molecule has 0 saturated heterocycles. The number of rotatable bonds is 8. The van der Waals surface area contributed by atoms with Gasteiger partial charge in [-0.1, -0.05) is 60.7 Å². The topological polar surface area (TPSA) is 18.5 Å². The van der Waals surface area contributed by atoms with Crippen molar-refractivity contribution in [2.75, 3.05) is 0 Å². The van der Waals surface area contributed by atoms with Gasteiger partial charge in [0.05, 0.1) is 0 Å². The van der Waals surface area contributed by atoms with Gasteiger partial charge in [0.25, 0.3) is 0 Å². The van der Waals surface area contributed by atoms with Gasteiger partial charge in [0, 0.05) is 0 Å². The maximum absolute atomic E-state index is 6.50. The van der Waals surface area contributed by atoms with Gasteiger partial charge in [0.2, 0.25) is 16.6 Å². The van der Waals surface area contributed by atoms with Gasteiger partial charge in [-0.3, -0.25) is 0 Å². The van der Waals surface area contributed by atoms with Gasteiger partial charge in [0.1, 0.15) is 0 Å². The molecule has 0 amide bonds. The molecule has 0 bridgehead atoms. The van der Waals surface area contributed by atoms with E-state index in [0.717, 1.165) is 0 Å². The molecule has 0 aliphatic heterocycles. The summed E-state index contributed by atoms with van der Waals surface area (Å²) in [4.78, 5) is 0. The average Bonchev–Trinajstić information content (AvgIpc) is 2.56. The summed E-state index contributed by atoms with van der Waals surface area (Å²) in [7, 11) is -6.74. The van der Waals surface area contributed by atoms with Gasteiger partial charge in [-0.25, -0.2) is 0 Å². The first-order valence-corrected chi connectivity index (χ1v) is 23.5. The van der Waals surface area contributed by atoms with E-state index < -0.39 is 33.3 Å². The molecule has 0 aliphatic rings. The molecule has 0 saturated carbocycles. The van der Waals surface area contributed by atoms with E-state index in [1.807, 2.05) is 0 Å². The van der Waals surface area contributed by atoms with Crippen molar-refractivity contribution in [3.05, 3.63) is 59.7 Å². The van der Waals surface area contributed by atoms with Crippen LogP contribution in [0.3, 0.4) is 0 Å². The van der Waals surface area contributed by atoms with E-state index in [9.17, 15) is 0 Å². The number of hydrogen-bond acceptors (Lipinski definition) is 2. The van der Waals surface area contributed by atoms with Gasteiger partial charge in [-0.2, -0.15) is 0 Å². The highest BCUT2D eigenvalue weighted by Gasteiger charge is 2.32. The van der Waals surface area contributed by atoms with E-state index in [-0.39, 0.29) is 0 Å². The van der Waals surface area contributed by atoms with Crippen molar-refractivity contribution in [2.45, 2.75) is 65.5 Å². The Morgan fingerprint density at radius 3 is 0.967 bits per heavy atom. The zero-order valence-corrected chi connectivity index (χ0v) is 24.6. The summed E-state index contributed by atoms with van der Waals surface area (Å²) >= 11 is 0. The third-order valence-corrected chi connectivity index (χ3v) is 17.2. The summed E-state index contributed by atoms with van der Waals surface area (Å²) in [6.45, 7) is 22.8. The fraction of sp³-hybridized carbons (Fsp3) is 0.417. The lowest BCUT2D eigenvalue weighted by Crippen LogP contribution is -2.51. The second kappa shape index (κ2) is 9.22. The molecule has 6 heteroatoms. The van der Waals surface area contributed by atoms with Crippen molar-refractivity contribution < 1.29 is 8.23 Å². The summed E-state index contributed by atoms with van der Waals surface area (Å²) in [5.41, 5.74) is 2.44. The van der Waals surface area contributed by atoms with Crippen LogP contribution in [0.15, 0.2) is 48.5 Å². The van der Waals surface area contributed by atoms with E-state index in [1.165, 1.54) is 21.5 Å². The highest BCUT2D eigenvalue weighted by atomic mass is 28.4. The molecule has 30 heavy (non-hydrogen) atoms. The molecule has 0 N–H and O–H groups in total. The molecule has 0 radical (unpaired) electrons. The fourth-order valence-corrected chi connectivity index (χ4v) is 19.0. The van der Waals surface area contributed by atoms with E-state index >= 15 is 0 Å².